The number of likely N-dealkylation sites (tertiary alicyclic amines) is 1. The van der Waals surface area contributed by atoms with Crippen molar-refractivity contribution in [1.82, 2.24) is 9.88 Å². The molecule has 31 heavy (non-hydrogen) atoms. The van der Waals surface area contributed by atoms with E-state index in [1.807, 2.05) is 0 Å². The number of pyridine rings is 1. The first-order chi connectivity index (χ1) is 14.9. The highest BCUT2D eigenvalue weighted by Gasteiger charge is 2.34. The summed E-state index contributed by atoms with van der Waals surface area (Å²) in [4.78, 5) is 42.8. The van der Waals surface area contributed by atoms with Crippen LogP contribution in [-0.2, 0) is 9.59 Å². The lowest BCUT2D eigenvalue weighted by Crippen LogP contribution is -2.46. The Bertz CT molecular complexity index is 1000. The van der Waals surface area contributed by atoms with E-state index in [0.29, 0.717) is 18.4 Å². The monoisotopic (exact) mass is 420 g/mol. The maximum absolute atomic E-state index is 13.1. The Morgan fingerprint density at radius 3 is 2.55 bits per heavy atom. The Labute approximate surface area is 182 Å². The van der Waals surface area contributed by atoms with E-state index in [1.54, 1.807) is 4.90 Å². The van der Waals surface area contributed by atoms with Gasteiger partial charge in [0, 0.05) is 12.7 Å². The number of primary amides is 1. The maximum Gasteiger partial charge on any atom is 0.313 e. The molecule has 2 atom stereocenters. The normalized spacial score (nSPS) is 21.3. The molecule has 0 spiro atoms. The summed E-state index contributed by atoms with van der Waals surface area (Å²) in [5, 5.41) is 2.57. The third-order valence-electron chi connectivity index (χ3n) is 6.43. The van der Waals surface area contributed by atoms with Crippen LogP contribution in [0.25, 0.3) is 0 Å². The fraction of sp³-hybridized carbons (Fsp3) is 0.417. The molecule has 3 N–H and O–H groups in total. The van der Waals surface area contributed by atoms with E-state index in [-0.39, 0.29) is 17.3 Å². The van der Waals surface area contributed by atoms with E-state index in [4.69, 9.17) is 5.73 Å². The Hall–Kier alpha value is -3.22. The minimum Gasteiger partial charge on any atom is -0.366 e. The summed E-state index contributed by atoms with van der Waals surface area (Å²) < 4.78 is 0. The van der Waals surface area contributed by atoms with Crippen molar-refractivity contribution in [2.75, 3.05) is 11.9 Å². The number of nitrogens with two attached hydrogens (primary N) is 1. The Morgan fingerprint density at radius 1 is 1.06 bits per heavy atom. The second kappa shape index (κ2) is 8.88. The summed E-state index contributed by atoms with van der Waals surface area (Å²) in [6, 6.07) is 9.79. The first-order valence-corrected chi connectivity index (χ1v) is 10.9. The SMILES string of the molecule is C[C@H]1CC[C@H](c2cccc(C3CCC3)c2)N(C(=O)C(=O)Nc2cncc(C(N)=O)c2)C1. The molecular weight excluding hydrogens is 392 g/mol. The highest BCUT2D eigenvalue weighted by atomic mass is 16.2. The molecule has 0 unspecified atom stereocenters. The third kappa shape index (κ3) is 4.60. The van der Waals surface area contributed by atoms with E-state index in [1.165, 1.54) is 43.3 Å². The van der Waals surface area contributed by atoms with Gasteiger partial charge in [0.05, 0.1) is 23.5 Å². The smallest absolute Gasteiger partial charge is 0.313 e. The first kappa shape index (κ1) is 21.0. The number of anilines is 1. The summed E-state index contributed by atoms with van der Waals surface area (Å²) >= 11 is 0. The number of hydrogen-bond acceptors (Lipinski definition) is 4. The van der Waals surface area contributed by atoms with Crippen molar-refractivity contribution in [3.63, 3.8) is 0 Å². The van der Waals surface area contributed by atoms with Gasteiger partial charge < -0.3 is 16.0 Å². The highest BCUT2D eigenvalue weighted by molar-refractivity contribution is 6.39. The number of carbonyl (C=O) groups is 3. The van der Waals surface area contributed by atoms with Gasteiger partial charge >= 0.3 is 11.8 Å². The molecular formula is C24H28N4O3. The average molecular weight is 421 g/mol. The van der Waals surface area contributed by atoms with Crippen molar-refractivity contribution < 1.29 is 14.4 Å². The molecule has 0 radical (unpaired) electrons. The fourth-order valence-corrected chi connectivity index (χ4v) is 4.44. The molecule has 7 nitrogen and oxygen atoms in total. The molecule has 1 aromatic heterocycles. The van der Waals surface area contributed by atoms with E-state index in [9.17, 15) is 14.4 Å². The Balaban J connectivity index is 1.53. The molecule has 4 rings (SSSR count). The number of benzene rings is 1. The van der Waals surface area contributed by atoms with Gasteiger partial charge in [0.15, 0.2) is 0 Å². The molecule has 0 bridgehead atoms. The standard InChI is InChI=1S/C24H28N4O3/c1-15-8-9-21(18-7-3-6-17(10-18)16-4-2-5-16)28(14-15)24(31)23(30)27-20-11-19(22(25)29)12-26-13-20/h3,6-7,10-13,15-16,21H,2,4-5,8-9,14H2,1H3,(H2,25,29)(H,27,30)/t15-,21+/m0/s1. The van der Waals surface area contributed by atoms with Crippen LogP contribution in [0.5, 0.6) is 0 Å². The maximum atomic E-state index is 13.1. The van der Waals surface area contributed by atoms with Gasteiger partial charge in [0.25, 0.3) is 0 Å². The fourth-order valence-electron chi connectivity index (χ4n) is 4.44. The van der Waals surface area contributed by atoms with Crippen LogP contribution in [0.2, 0.25) is 0 Å². The summed E-state index contributed by atoms with van der Waals surface area (Å²) in [6.45, 7) is 2.63. The van der Waals surface area contributed by atoms with Gasteiger partial charge in [0.2, 0.25) is 5.91 Å². The summed E-state index contributed by atoms with van der Waals surface area (Å²) in [5.41, 5.74) is 8.12. The van der Waals surface area contributed by atoms with Crippen LogP contribution < -0.4 is 11.1 Å². The van der Waals surface area contributed by atoms with Gasteiger partial charge in [-0.2, -0.15) is 0 Å². The van der Waals surface area contributed by atoms with Gasteiger partial charge in [-0.1, -0.05) is 37.6 Å². The molecule has 162 valence electrons. The molecule has 2 heterocycles. The van der Waals surface area contributed by atoms with Gasteiger partial charge in [0.1, 0.15) is 0 Å². The zero-order valence-corrected chi connectivity index (χ0v) is 17.7. The van der Waals surface area contributed by atoms with Crippen molar-refractivity contribution in [2.45, 2.75) is 51.0 Å². The predicted molar refractivity (Wildman–Crippen MR) is 117 cm³/mol. The second-order valence-corrected chi connectivity index (χ2v) is 8.73. The van der Waals surface area contributed by atoms with Gasteiger partial charge in [-0.05, 0) is 54.7 Å². The molecule has 1 aliphatic heterocycles. The lowest BCUT2D eigenvalue weighted by atomic mass is 9.79. The number of aromatic nitrogens is 1. The molecule has 1 aliphatic carbocycles. The zero-order chi connectivity index (χ0) is 22.0. The van der Waals surface area contributed by atoms with Crippen molar-refractivity contribution >= 4 is 23.4 Å². The van der Waals surface area contributed by atoms with Crippen molar-refractivity contribution in [3.05, 3.63) is 59.4 Å². The first-order valence-electron chi connectivity index (χ1n) is 10.9. The van der Waals surface area contributed by atoms with E-state index >= 15 is 0 Å². The topological polar surface area (TPSA) is 105 Å². The molecule has 1 saturated heterocycles. The predicted octanol–water partition coefficient (Wildman–Crippen LogP) is 3.39. The minimum atomic E-state index is -0.738. The second-order valence-electron chi connectivity index (χ2n) is 8.73. The van der Waals surface area contributed by atoms with Crippen LogP contribution in [-0.4, -0.2) is 34.2 Å². The highest BCUT2D eigenvalue weighted by Crippen LogP contribution is 2.39. The molecule has 1 saturated carbocycles. The van der Waals surface area contributed by atoms with Crippen LogP contribution in [0.3, 0.4) is 0 Å². The van der Waals surface area contributed by atoms with Crippen LogP contribution in [0.4, 0.5) is 5.69 Å². The molecule has 7 heteroatoms. The van der Waals surface area contributed by atoms with Crippen LogP contribution >= 0.6 is 0 Å². The largest absolute Gasteiger partial charge is 0.366 e. The lowest BCUT2D eigenvalue weighted by molar-refractivity contribution is -0.146. The van der Waals surface area contributed by atoms with Crippen molar-refractivity contribution in [1.29, 1.82) is 0 Å². The molecule has 2 fully saturated rings. The number of amides is 3. The zero-order valence-electron chi connectivity index (χ0n) is 17.7. The summed E-state index contributed by atoms with van der Waals surface area (Å²) in [5.74, 6) is -1.03. The van der Waals surface area contributed by atoms with Crippen molar-refractivity contribution in [2.24, 2.45) is 11.7 Å². The number of piperidine rings is 1. The van der Waals surface area contributed by atoms with Crippen LogP contribution in [0.15, 0.2) is 42.7 Å². The van der Waals surface area contributed by atoms with Crippen LogP contribution in [0.1, 0.15) is 72.5 Å². The quantitative estimate of drug-likeness (QED) is 0.740. The van der Waals surface area contributed by atoms with E-state index < -0.39 is 17.7 Å². The number of hydrogen-bond donors (Lipinski definition) is 2. The molecule has 2 aromatic rings. The summed E-state index contributed by atoms with van der Waals surface area (Å²) in [6.07, 6.45) is 8.24. The number of rotatable bonds is 4. The van der Waals surface area contributed by atoms with Crippen LogP contribution in [0, 0.1) is 5.92 Å². The minimum absolute atomic E-state index is 0.121. The van der Waals surface area contributed by atoms with E-state index in [0.717, 1.165) is 18.4 Å². The number of nitrogens with zero attached hydrogens (tertiary/aromatic N) is 2. The molecule has 3 amide bonds. The van der Waals surface area contributed by atoms with Gasteiger partial charge in [-0.3, -0.25) is 19.4 Å². The Kier molecular flexibility index (Phi) is 6.02. The van der Waals surface area contributed by atoms with E-state index in [2.05, 4.69) is 41.5 Å². The Morgan fingerprint density at radius 2 is 1.84 bits per heavy atom. The molecule has 2 aliphatic rings. The number of nitrogens with one attached hydrogen (secondary N) is 1. The lowest BCUT2D eigenvalue weighted by Gasteiger charge is -2.39. The van der Waals surface area contributed by atoms with Gasteiger partial charge in [-0.25, -0.2) is 0 Å². The van der Waals surface area contributed by atoms with Crippen molar-refractivity contribution in [3.8, 4) is 0 Å². The van der Waals surface area contributed by atoms with Gasteiger partial charge in [-0.15, -0.1) is 0 Å². The molecule has 1 aromatic carbocycles. The number of carbonyl (C=O) groups excluding carboxylic acids is 3. The third-order valence-corrected chi connectivity index (χ3v) is 6.43. The average Bonchev–Trinajstić information content (AvgIpc) is 2.72. The summed E-state index contributed by atoms with van der Waals surface area (Å²) in [7, 11) is 0.